The molecule has 3 nitrogen and oxygen atoms in total. The van der Waals surface area contributed by atoms with E-state index in [-0.39, 0.29) is 0 Å². The van der Waals surface area contributed by atoms with Crippen LogP contribution in [-0.4, -0.2) is 26.4 Å². The third-order valence-corrected chi connectivity index (χ3v) is 3.52. The van der Waals surface area contributed by atoms with E-state index in [9.17, 15) is 0 Å². The van der Waals surface area contributed by atoms with E-state index in [1.54, 1.807) is 0 Å². The molecule has 1 N–H and O–H groups in total. The van der Waals surface area contributed by atoms with Gasteiger partial charge in [0.2, 0.25) is 0 Å². The van der Waals surface area contributed by atoms with Crippen LogP contribution in [0.2, 0.25) is 0 Å². The number of hydrogen-bond acceptors (Lipinski definition) is 3. The number of aryl methyl sites for hydroxylation is 1. The molecule has 0 amide bonds. The van der Waals surface area contributed by atoms with Crippen LogP contribution < -0.4 is 10.1 Å². The highest BCUT2D eigenvalue weighted by atomic mass is 16.5. The molecule has 1 unspecified atom stereocenters. The van der Waals surface area contributed by atoms with Gasteiger partial charge in [0.15, 0.2) is 0 Å². The summed E-state index contributed by atoms with van der Waals surface area (Å²) in [6.07, 6.45) is 2.27. The molecule has 1 aromatic rings. The van der Waals surface area contributed by atoms with Crippen LogP contribution in [0.3, 0.4) is 0 Å². The second-order valence-electron chi connectivity index (χ2n) is 5.28. The van der Waals surface area contributed by atoms with Crippen molar-refractivity contribution in [3.8, 4) is 5.75 Å². The summed E-state index contributed by atoms with van der Waals surface area (Å²) in [6.45, 7) is 8.72. The highest BCUT2D eigenvalue weighted by Gasteiger charge is 2.17. The van der Waals surface area contributed by atoms with Crippen molar-refractivity contribution < 1.29 is 9.47 Å². The van der Waals surface area contributed by atoms with Gasteiger partial charge in [-0.2, -0.15) is 0 Å². The fourth-order valence-electron chi connectivity index (χ4n) is 2.37. The smallest absolute Gasteiger partial charge is 0.126 e. The Morgan fingerprint density at radius 3 is 3.05 bits per heavy atom. The molecule has 0 aliphatic carbocycles. The summed E-state index contributed by atoms with van der Waals surface area (Å²) in [5.41, 5.74) is 2.47. The maximum atomic E-state index is 6.06. The van der Waals surface area contributed by atoms with Gasteiger partial charge in [-0.1, -0.05) is 25.1 Å². The SMILES string of the molecule is CCCNCc1cccc(C)c1OCC1CCOC1. The molecule has 3 heteroatoms. The van der Waals surface area contributed by atoms with Crippen molar-refractivity contribution in [1.82, 2.24) is 5.32 Å². The second kappa shape index (κ2) is 7.51. The first-order chi connectivity index (χ1) is 9.31. The Balaban J connectivity index is 1.95. The van der Waals surface area contributed by atoms with Crippen LogP contribution in [-0.2, 0) is 11.3 Å². The van der Waals surface area contributed by atoms with Crippen LogP contribution in [0.5, 0.6) is 5.75 Å². The molecule has 1 aliphatic heterocycles. The van der Waals surface area contributed by atoms with E-state index in [1.165, 1.54) is 11.1 Å². The number of nitrogens with one attached hydrogen (secondary N) is 1. The Hall–Kier alpha value is -1.06. The maximum Gasteiger partial charge on any atom is 0.126 e. The average molecular weight is 263 g/mol. The Morgan fingerprint density at radius 1 is 1.42 bits per heavy atom. The molecule has 106 valence electrons. The van der Waals surface area contributed by atoms with Crippen molar-refractivity contribution in [2.45, 2.75) is 33.2 Å². The predicted molar refractivity (Wildman–Crippen MR) is 77.6 cm³/mol. The lowest BCUT2D eigenvalue weighted by Gasteiger charge is -2.16. The van der Waals surface area contributed by atoms with E-state index in [4.69, 9.17) is 9.47 Å². The lowest BCUT2D eigenvalue weighted by molar-refractivity contribution is 0.166. The van der Waals surface area contributed by atoms with Gasteiger partial charge in [0.25, 0.3) is 0 Å². The fourth-order valence-corrected chi connectivity index (χ4v) is 2.37. The van der Waals surface area contributed by atoms with Crippen molar-refractivity contribution in [2.24, 2.45) is 5.92 Å². The number of para-hydroxylation sites is 1. The van der Waals surface area contributed by atoms with Crippen molar-refractivity contribution in [3.05, 3.63) is 29.3 Å². The average Bonchev–Trinajstić information content (AvgIpc) is 2.91. The van der Waals surface area contributed by atoms with Crippen LogP contribution >= 0.6 is 0 Å². The molecule has 1 heterocycles. The monoisotopic (exact) mass is 263 g/mol. The van der Waals surface area contributed by atoms with Gasteiger partial charge in [-0.05, 0) is 31.9 Å². The summed E-state index contributed by atoms with van der Waals surface area (Å²) in [5, 5.41) is 3.44. The molecule has 19 heavy (non-hydrogen) atoms. The van der Waals surface area contributed by atoms with Crippen LogP contribution in [0.15, 0.2) is 18.2 Å². The molecule has 2 rings (SSSR count). The van der Waals surface area contributed by atoms with E-state index >= 15 is 0 Å². The molecule has 0 spiro atoms. The van der Waals surface area contributed by atoms with E-state index in [2.05, 4.69) is 37.4 Å². The quantitative estimate of drug-likeness (QED) is 0.767. The molecular weight excluding hydrogens is 238 g/mol. The zero-order chi connectivity index (χ0) is 13.5. The Bertz CT molecular complexity index is 386. The zero-order valence-corrected chi connectivity index (χ0v) is 12.1. The first-order valence-corrected chi connectivity index (χ1v) is 7.31. The minimum atomic E-state index is 0.552. The highest BCUT2D eigenvalue weighted by molar-refractivity contribution is 5.40. The van der Waals surface area contributed by atoms with Crippen molar-refractivity contribution in [3.63, 3.8) is 0 Å². The third-order valence-electron chi connectivity index (χ3n) is 3.52. The van der Waals surface area contributed by atoms with Gasteiger partial charge < -0.3 is 14.8 Å². The second-order valence-corrected chi connectivity index (χ2v) is 5.28. The number of ether oxygens (including phenoxy) is 2. The lowest BCUT2D eigenvalue weighted by Crippen LogP contribution is -2.17. The molecule has 0 aromatic heterocycles. The Labute approximate surface area is 116 Å². The number of rotatable bonds is 7. The van der Waals surface area contributed by atoms with Gasteiger partial charge in [-0.3, -0.25) is 0 Å². The van der Waals surface area contributed by atoms with E-state index in [0.29, 0.717) is 5.92 Å². The number of hydrogen-bond donors (Lipinski definition) is 1. The minimum absolute atomic E-state index is 0.552. The van der Waals surface area contributed by atoms with Gasteiger partial charge in [0.05, 0.1) is 13.2 Å². The fraction of sp³-hybridized carbons (Fsp3) is 0.625. The topological polar surface area (TPSA) is 30.5 Å². The summed E-state index contributed by atoms with van der Waals surface area (Å²) in [4.78, 5) is 0. The largest absolute Gasteiger partial charge is 0.493 e. The van der Waals surface area contributed by atoms with Crippen LogP contribution in [0.4, 0.5) is 0 Å². The first kappa shape index (κ1) is 14.4. The van der Waals surface area contributed by atoms with Crippen molar-refractivity contribution >= 4 is 0 Å². The maximum absolute atomic E-state index is 6.06. The molecule has 1 aliphatic rings. The first-order valence-electron chi connectivity index (χ1n) is 7.31. The van der Waals surface area contributed by atoms with Gasteiger partial charge in [-0.25, -0.2) is 0 Å². The van der Waals surface area contributed by atoms with Crippen molar-refractivity contribution in [1.29, 1.82) is 0 Å². The Morgan fingerprint density at radius 2 is 2.32 bits per heavy atom. The molecule has 1 atom stereocenters. The normalized spacial score (nSPS) is 18.7. The van der Waals surface area contributed by atoms with E-state index < -0.39 is 0 Å². The lowest BCUT2D eigenvalue weighted by atomic mass is 10.1. The van der Waals surface area contributed by atoms with Crippen LogP contribution in [0.1, 0.15) is 30.9 Å². The summed E-state index contributed by atoms with van der Waals surface area (Å²) in [5.74, 6) is 1.61. The molecule has 1 aromatic carbocycles. The van der Waals surface area contributed by atoms with Crippen LogP contribution in [0, 0.1) is 12.8 Å². The summed E-state index contributed by atoms with van der Waals surface area (Å²) in [7, 11) is 0. The Kier molecular flexibility index (Phi) is 5.67. The highest BCUT2D eigenvalue weighted by Crippen LogP contribution is 2.25. The predicted octanol–water partition coefficient (Wildman–Crippen LogP) is 2.91. The zero-order valence-electron chi connectivity index (χ0n) is 12.1. The van der Waals surface area contributed by atoms with Gasteiger partial charge >= 0.3 is 0 Å². The number of benzene rings is 1. The third kappa shape index (κ3) is 4.22. The molecule has 1 fully saturated rings. The standard InChI is InChI=1S/C16H25NO2/c1-3-8-17-10-15-6-4-5-13(2)16(15)19-12-14-7-9-18-11-14/h4-6,14,17H,3,7-12H2,1-2H3. The molecule has 1 saturated heterocycles. The van der Waals surface area contributed by atoms with Crippen molar-refractivity contribution in [2.75, 3.05) is 26.4 Å². The summed E-state index contributed by atoms with van der Waals surface area (Å²) >= 11 is 0. The van der Waals surface area contributed by atoms with Crippen LogP contribution in [0.25, 0.3) is 0 Å². The summed E-state index contributed by atoms with van der Waals surface area (Å²) < 4.78 is 11.5. The van der Waals surface area contributed by atoms with E-state index in [0.717, 1.165) is 51.5 Å². The molecule has 0 radical (unpaired) electrons. The molecule has 0 bridgehead atoms. The van der Waals surface area contributed by atoms with Gasteiger partial charge in [0.1, 0.15) is 5.75 Å². The van der Waals surface area contributed by atoms with Gasteiger partial charge in [0, 0.05) is 24.6 Å². The molecule has 0 saturated carbocycles. The molecular formula is C16H25NO2. The summed E-state index contributed by atoms with van der Waals surface area (Å²) in [6, 6.07) is 6.36. The van der Waals surface area contributed by atoms with E-state index in [1.807, 2.05) is 0 Å². The minimum Gasteiger partial charge on any atom is -0.493 e. The van der Waals surface area contributed by atoms with Gasteiger partial charge in [-0.15, -0.1) is 0 Å².